The fourth-order valence-corrected chi connectivity index (χ4v) is 4.28. The molecule has 1 aliphatic heterocycles. The lowest BCUT2D eigenvalue weighted by molar-refractivity contribution is 0.161. The molecule has 2 amide bonds. The second kappa shape index (κ2) is 8.35. The van der Waals surface area contributed by atoms with E-state index in [2.05, 4.69) is 44.8 Å². The molecule has 2 aromatic rings. The molecule has 6 nitrogen and oxygen atoms in total. The number of hydrogen-bond acceptors (Lipinski definition) is 4. The molecule has 1 aromatic carbocycles. The number of rotatable bonds is 5. The maximum atomic E-state index is 12.3. The third-order valence-electron chi connectivity index (χ3n) is 6.08. The molecule has 1 aliphatic carbocycles. The predicted octanol–water partition coefficient (Wildman–Crippen LogP) is 2.97. The number of hydrogen-bond donors (Lipinski definition) is 2. The number of amides is 2. The van der Waals surface area contributed by atoms with Crippen molar-refractivity contribution in [2.24, 2.45) is 5.92 Å². The Morgan fingerprint density at radius 3 is 2.46 bits per heavy atom. The second-order valence-electron chi connectivity index (χ2n) is 8.20. The van der Waals surface area contributed by atoms with Crippen molar-refractivity contribution in [2.45, 2.75) is 52.1 Å². The Bertz CT molecular complexity index is 779. The molecule has 1 saturated heterocycles. The highest BCUT2D eigenvalue weighted by Gasteiger charge is 2.24. The lowest BCUT2D eigenvalue weighted by Gasteiger charge is -2.31. The molecule has 0 radical (unpaired) electrons. The first-order chi connectivity index (χ1) is 13.6. The van der Waals surface area contributed by atoms with Crippen LogP contribution in [-0.4, -0.2) is 41.6 Å². The van der Waals surface area contributed by atoms with Gasteiger partial charge in [0, 0.05) is 12.6 Å². The van der Waals surface area contributed by atoms with Crippen LogP contribution in [0.15, 0.2) is 28.7 Å². The van der Waals surface area contributed by atoms with Gasteiger partial charge in [-0.1, -0.05) is 24.3 Å². The molecule has 150 valence electrons. The molecular weight excluding hydrogens is 352 g/mol. The predicted molar refractivity (Wildman–Crippen MR) is 108 cm³/mol. The van der Waals surface area contributed by atoms with Gasteiger partial charge >= 0.3 is 6.03 Å². The molecular formula is C22H30N4O2. The van der Waals surface area contributed by atoms with Gasteiger partial charge in [-0.05, 0) is 69.7 Å². The van der Waals surface area contributed by atoms with Crippen molar-refractivity contribution in [3.63, 3.8) is 0 Å². The fourth-order valence-electron chi connectivity index (χ4n) is 4.28. The average molecular weight is 383 g/mol. The summed E-state index contributed by atoms with van der Waals surface area (Å²) in [6.45, 7) is 7.50. The Labute approximate surface area is 166 Å². The van der Waals surface area contributed by atoms with Crippen LogP contribution in [0, 0.1) is 19.8 Å². The van der Waals surface area contributed by atoms with Gasteiger partial charge in [-0.3, -0.25) is 4.90 Å². The highest BCUT2D eigenvalue weighted by Crippen LogP contribution is 2.22. The van der Waals surface area contributed by atoms with Crippen LogP contribution in [0.5, 0.6) is 0 Å². The van der Waals surface area contributed by atoms with Gasteiger partial charge in [0.1, 0.15) is 5.76 Å². The van der Waals surface area contributed by atoms with Crippen LogP contribution in [0.2, 0.25) is 0 Å². The molecule has 4 rings (SSSR count). The van der Waals surface area contributed by atoms with Crippen molar-refractivity contribution in [3.05, 3.63) is 52.7 Å². The number of aromatic nitrogens is 1. The molecule has 6 heteroatoms. The lowest BCUT2D eigenvalue weighted by atomic mass is 9.97. The topological polar surface area (TPSA) is 70.4 Å². The second-order valence-corrected chi connectivity index (χ2v) is 8.20. The summed E-state index contributed by atoms with van der Waals surface area (Å²) in [5, 5.41) is 6.22. The minimum Gasteiger partial charge on any atom is -0.444 e. The van der Waals surface area contributed by atoms with Gasteiger partial charge in [-0.15, -0.1) is 0 Å². The van der Waals surface area contributed by atoms with E-state index < -0.39 is 0 Å². The van der Waals surface area contributed by atoms with E-state index in [1.54, 1.807) is 0 Å². The number of piperidine rings is 1. The summed E-state index contributed by atoms with van der Waals surface area (Å²) in [6, 6.07) is 8.63. The van der Waals surface area contributed by atoms with Crippen molar-refractivity contribution >= 4 is 6.03 Å². The van der Waals surface area contributed by atoms with E-state index in [1.807, 2.05) is 13.8 Å². The Kier molecular flexibility index (Phi) is 5.67. The van der Waals surface area contributed by atoms with Gasteiger partial charge in [0.2, 0.25) is 5.89 Å². The smallest absolute Gasteiger partial charge is 0.315 e. The van der Waals surface area contributed by atoms with Crippen molar-refractivity contribution < 1.29 is 9.21 Å². The zero-order valence-corrected chi connectivity index (χ0v) is 16.8. The molecule has 1 fully saturated rings. The SMILES string of the molecule is Cc1nc(CN2CCC(CNC(=O)NC3Cc4ccccc4C3)CC2)oc1C. The lowest BCUT2D eigenvalue weighted by Crippen LogP contribution is -2.45. The minimum atomic E-state index is -0.0361. The van der Waals surface area contributed by atoms with E-state index in [-0.39, 0.29) is 12.1 Å². The van der Waals surface area contributed by atoms with Crippen molar-refractivity contribution in [1.29, 1.82) is 0 Å². The molecule has 0 unspecified atom stereocenters. The molecule has 2 N–H and O–H groups in total. The van der Waals surface area contributed by atoms with E-state index in [0.717, 1.165) is 69.2 Å². The molecule has 0 spiro atoms. The monoisotopic (exact) mass is 382 g/mol. The van der Waals surface area contributed by atoms with Crippen LogP contribution in [0.4, 0.5) is 4.79 Å². The Morgan fingerprint density at radius 2 is 1.86 bits per heavy atom. The summed E-state index contributed by atoms with van der Waals surface area (Å²) in [6.07, 6.45) is 4.05. The van der Waals surface area contributed by atoms with Crippen LogP contribution < -0.4 is 10.6 Å². The minimum absolute atomic E-state index is 0.0361. The van der Waals surface area contributed by atoms with Gasteiger partial charge in [-0.2, -0.15) is 0 Å². The maximum absolute atomic E-state index is 12.3. The number of carbonyl (C=O) groups is 1. The largest absolute Gasteiger partial charge is 0.444 e. The number of carbonyl (C=O) groups excluding carboxylic acids is 1. The molecule has 0 atom stereocenters. The summed E-state index contributed by atoms with van der Waals surface area (Å²) >= 11 is 0. The third kappa shape index (κ3) is 4.55. The number of nitrogens with one attached hydrogen (secondary N) is 2. The van der Waals surface area contributed by atoms with Gasteiger partial charge in [0.25, 0.3) is 0 Å². The summed E-state index contributed by atoms with van der Waals surface area (Å²) in [7, 11) is 0. The van der Waals surface area contributed by atoms with E-state index in [4.69, 9.17) is 4.42 Å². The zero-order valence-electron chi connectivity index (χ0n) is 16.8. The van der Waals surface area contributed by atoms with E-state index in [1.165, 1.54) is 11.1 Å². The van der Waals surface area contributed by atoms with E-state index >= 15 is 0 Å². The molecule has 2 aliphatic rings. The number of aryl methyl sites for hydroxylation is 2. The molecule has 2 heterocycles. The van der Waals surface area contributed by atoms with Crippen LogP contribution in [-0.2, 0) is 19.4 Å². The van der Waals surface area contributed by atoms with Crippen LogP contribution in [0.25, 0.3) is 0 Å². The molecule has 28 heavy (non-hydrogen) atoms. The highest BCUT2D eigenvalue weighted by molar-refractivity contribution is 5.74. The molecule has 0 saturated carbocycles. The van der Waals surface area contributed by atoms with Crippen LogP contribution >= 0.6 is 0 Å². The zero-order chi connectivity index (χ0) is 19.5. The summed E-state index contributed by atoms with van der Waals surface area (Å²) in [4.78, 5) is 19.1. The number of nitrogens with zero attached hydrogens (tertiary/aromatic N) is 2. The number of fused-ring (bicyclic) bond motifs is 1. The van der Waals surface area contributed by atoms with Gasteiger partial charge in [0.05, 0.1) is 12.2 Å². The quantitative estimate of drug-likeness (QED) is 0.834. The average Bonchev–Trinajstić information content (AvgIpc) is 3.23. The standard InChI is InChI=1S/C22H30N4O2/c1-15-16(2)28-21(24-15)14-26-9-7-17(8-10-26)13-23-22(27)25-20-11-18-5-3-4-6-19(18)12-20/h3-6,17,20H,7-14H2,1-2H3,(H2,23,25,27). The number of benzene rings is 1. The van der Waals surface area contributed by atoms with Crippen molar-refractivity contribution in [3.8, 4) is 0 Å². The van der Waals surface area contributed by atoms with Gasteiger partial charge < -0.3 is 15.1 Å². The fraction of sp³-hybridized carbons (Fsp3) is 0.545. The Hall–Kier alpha value is -2.34. The van der Waals surface area contributed by atoms with Crippen LogP contribution in [0.1, 0.15) is 41.3 Å². The maximum Gasteiger partial charge on any atom is 0.315 e. The van der Waals surface area contributed by atoms with Crippen molar-refractivity contribution in [1.82, 2.24) is 20.5 Å². The summed E-state index contributed by atoms with van der Waals surface area (Å²) in [5.74, 6) is 2.25. The normalized spacial score (nSPS) is 18.2. The van der Waals surface area contributed by atoms with Gasteiger partial charge in [0.15, 0.2) is 0 Å². The van der Waals surface area contributed by atoms with Crippen molar-refractivity contribution in [2.75, 3.05) is 19.6 Å². The number of oxazole rings is 1. The molecule has 0 bridgehead atoms. The van der Waals surface area contributed by atoms with E-state index in [0.29, 0.717) is 5.92 Å². The highest BCUT2D eigenvalue weighted by atomic mass is 16.4. The first-order valence-corrected chi connectivity index (χ1v) is 10.3. The first-order valence-electron chi connectivity index (χ1n) is 10.3. The summed E-state index contributed by atoms with van der Waals surface area (Å²) in [5.41, 5.74) is 3.69. The first kappa shape index (κ1) is 19.0. The third-order valence-corrected chi connectivity index (χ3v) is 6.08. The van der Waals surface area contributed by atoms with Gasteiger partial charge in [-0.25, -0.2) is 9.78 Å². The Balaban J connectivity index is 1.15. The van der Waals surface area contributed by atoms with E-state index in [9.17, 15) is 4.79 Å². The Morgan fingerprint density at radius 1 is 1.18 bits per heavy atom. The molecule has 1 aromatic heterocycles. The number of likely N-dealkylation sites (tertiary alicyclic amines) is 1. The van der Waals surface area contributed by atoms with Crippen LogP contribution in [0.3, 0.4) is 0 Å². The summed E-state index contributed by atoms with van der Waals surface area (Å²) < 4.78 is 5.69. The number of urea groups is 1.